The Kier molecular flexibility index (Phi) is 7.76. The van der Waals surface area contributed by atoms with Crippen LogP contribution < -0.4 is 5.32 Å². The number of nitrogens with one attached hydrogen (secondary N) is 1. The number of alkyl halides is 6. The van der Waals surface area contributed by atoms with Gasteiger partial charge in [-0.3, -0.25) is 9.78 Å². The van der Waals surface area contributed by atoms with Gasteiger partial charge in [0.2, 0.25) is 0 Å². The largest absolute Gasteiger partial charge is 0.433 e. The maximum atomic E-state index is 13.1. The molecule has 2 aromatic carbocycles. The number of carbonyl (C=O) groups is 1. The Morgan fingerprint density at radius 3 is 2.23 bits per heavy atom. The molecular formula is C25H17ClF6N2O. The first kappa shape index (κ1) is 26.1. The second-order valence-corrected chi connectivity index (χ2v) is 7.98. The van der Waals surface area contributed by atoms with E-state index in [9.17, 15) is 31.1 Å². The fourth-order valence-corrected chi connectivity index (χ4v) is 3.53. The number of hydrogen-bond acceptors (Lipinski definition) is 2. The molecule has 0 saturated carbocycles. The van der Waals surface area contributed by atoms with Crippen LogP contribution in [0, 0.1) is 11.8 Å². The van der Waals surface area contributed by atoms with Crippen molar-refractivity contribution in [1.29, 1.82) is 0 Å². The minimum absolute atomic E-state index is 0.0347. The minimum atomic E-state index is -4.66. The highest BCUT2D eigenvalue weighted by atomic mass is 35.5. The summed E-state index contributed by atoms with van der Waals surface area (Å²) in [6.07, 6.45) is -8.17. The van der Waals surface area contributed by atoms with Crippen molar-refractivity contribution < 1.29 is 31.1 Å². The van der Waals surface area contributed by atoms with Gasteiger partial charge in [0.25, 0.3) is 5.91 Å². The van der Waals surface area contributed by atoms with Gasteiger partial charge in [-0.15, -0.1) is 0 Å². The molecule has 1 heterocycles. The molecule has 3 nitrogen and oxygen atoms in total. The van der Waals surface area contributed by atoms with Crippen molar-refractivity contribution in [3.05, 3.63) is 99.3 Å². The van der Waals surface area contributed by atoms with Gasteiger partial charge in [0.05, 0.1) is 11.1 Å². The summed E-state index contributed by atoms with van der Waals surface area (Å²) in [6.45, 7) is 1.78. The van der Waals surface area contributed by atoms with Crippen molar-refractivity contribution >= 4 is 17.5 Å². The zero-order chi connectivity index (χ0) is 25.8. The number of amides is 1. The lowest BCUT2D eigenvalue weighted by molar-refractivity contribution is -0.141. The molecule has 182 valence electrons. The summed E-state index contributed by atoms with van der Waals surface area (Å²) >= 11 is 6.33. The molecule has 1 N–H and O–H groups in total. The second kappa shape index (κ2) is 10.4. The number of rotatable bonds is 4. The van der Waals surface area contributed by atoms with Gasteiger partial charge in [0.1, 0.15) is 5.69 Å². The van der Waals surface area contributed by atoms with E-state index in [-0.39, 0.29) is 18.0 Å². The second-order valence-electron chi connectivity index (χ2n) is 7.57. The monoisotopic (exact) mass is 510 g/mol. The van der Waals surface area contributed by atoms with Crippen LogP contribution in [0.2, 0.25) is 5.02 Å². The quantitative estimate of drug-likeness (QED) is 0.313. The third kappa shape index (κ3) is 6.76. The van der Waals surface area contributed by atoms with Crippen molar-refractivity contribution in [1.82, 2.24) is 10.3 Å². The summed E-state index contributed by atoms with van der Waals surface area (Å²) < 4.78 is 77.2. The fourth-order valence-electron chi connectivity index (χ4n) is 3.16. The highest BCUT2D eigenvalue weighted by Gasteiger charge is 2.35. The third-order valence-corrected chi connectivity index (χ3v) is 5.31. The molecule has 0 aliphatic heterocycles. The number of hydrogen-bond donors (Lipinski definition) is 1. The van der Waals surface area contributed by atoms with Gasteiger partial charge in [-0.1, -0.05) is 48.6 Å². The van der Waals surface area contributed by atoms with Gasteiger partial charge >= 0.3 is 12.4 Å². The average Bonchev–Trinajstić information content (AvgIpc) is 2.80. The third-order valence-electron chi connectivity index (χ3n) is 4.98. The lowest BCUT2D eigenvalue weighted by Gasteiger charge is -2.16. The summed E-state index contributed by atoms with van der Waals surface area (Å²) in [5.41, 5.74) is -1.09. The number of carbonyl (C=O) groups excluding carboxylic acids is 1. The predicted octanol–water partition coefficient (Wildman–Crippen LogP) is 6.71. The number of pyridine rings is 1. The zero-order valence-electron chi connectivity index (χ0n) is 18.1. The lowest BCUT2D eigenvalue weighted by atomic mass is 9.99. The highest BCUT2D eigenvalue weighted by Crippen LogP contribution is 2.32. The fraction of sp³-hybridized carbons (Fsp3) is 0.200. The molecule has 0 fully saturated rings. The van der Waals surface area contributed by atoms with E-state index in [1.54, 1.807) is 25.1 Å². The first-order valence-corrected chi connectivity index (χ1v) is 10.5. The Bertz CT molecular complexity index is 1270. The summed E-state index contributed by atoms with van der Waals surface area (Å²) in [5, 5.41) is 2.82. The maximum Gasteiger partial charge on any atom is 0.433 e. The molecule has 1 amide bonds. The van der Waals surface area contributed by atoms with Crippen molar-refractivity contribution in [3.8, 4) is 11.8 Å². The molecular weight excluding hydrogens is 494 g/mol. The van der Waals surface area contributed by atoms with Crippen molar-refractivity contribution in [2.24, 2.45) is 0 Å². The molecule has 1 atom stereocenters. The highest BCUT2D eigenvalue weighted by molar-refractivity contribution is 6.31. The van der Waals surface area contributed by atoms with E-state index in [1.165, 1.54) is 18.2 Å². The summed E-state index contributed by atoms with van der Waals surface area (Å²) in [4.78, 5) is 15.7. The van der Waals surface area contributed by atoms with E-state index in [2.05, 4.69) is 22.1 Å². The zero-order valence-corrected chi connectivity index (χ0v) is 18.8. The minimum Gasteiger partial charge on any atom is -0.351 e. The van der Waals surface area contributed by atoms with Gasteiger partial charge in [-0.2, -0.15) is 26.3 Å². The lowest BCUT2D eigenvalue weighted by Crippen LogP contribution is -2.29. The summed E-state index contributed by atoms with van der Waals surface area (Å²) in [6, 6.07) is 11.4. The topological polar surface area (TPSA) is 42.0 Å². The molecule has 0 aliphatic rings. The van der Waals surface area contributed by atoms with Crippen LogP contribution in [0.4, 0.5) is 26.3 Å². The van der Waals surface area contributed by atoms with Crippen LogP contribution in [-0.4, -0.2) is 17.4 Å². The maximum absolute atomic E-state index is 13.1. The molecule has 1 unspecified atom stereocenters. The molecule has 3 aromatic rings. The number of benzene rings is 2. The first-order chi connectivity index (χ1) is 16.4. The average molecular weight is 511 g/mol. The smallest absolute Gasteiger partial charge is 0.351 e. The number of halogens is 7. The van der Waals surface area contributed by atoms with E-state index in [1.807, 2.05) is 0 Å². The standard InChI is InChI=1S/C25H17ClF6N2O/c1-15(13-34-23(35)19-4-2-3-5-20(19)24(27,28)29)18-10-8-16(12-21(18)26)6-7-17-9-11-22(33-14-17)25(30,31)32/h2-5,8-12,14-15H,13H2,1H3,(H,34,35). The van der Waals surface area contributed by atoms with Crippen molar-refractivity contribution in [3.63, 3.8) is 0 Å². The van der Waals surface area contributed by atoms with E-state index in [0.717, 1.165) is 24.4 Å². The Balaban J connectivity index is 1.67. The van der Waals surface area contributed by atoms with E-state index in [0.29, 0.717) is 16.1 Å². The van der Waals surface area contributed by atoms with E-state index >= 15 is 0 Å². The summed E-state index contributed by atoms with van der Waals surface area (Å²) in [7, 11) is 0. The molecule has 1 aromatic heterocycles. The van der Waals surface area contributed by atoms with Crippen LogP contribution in [-0.2, 0) is 12.4 Å². The summed E-state index contributed by atoms with van der Waals surface area (Å²) in [5.74, 6) is 4.31. The Morgan fingerprint density at radius 1 is 0.971 bits per heavy atom. The van der Waals surface area contributed by atoms with Gasteiger partial charge in [0, 0.05) is 28.9 Å². The molecule has 0 saturated heterocycles. The van der Waals surface area contributed by atoms with Crippen molar-refractivity contribution in [2.45, 2.75) is 25.2 Å². The molecule has 3 rings (SSSR count). The van der Waals surface area contributed by atoms with Gasteiger partial charge in [0.15, 0.2) is 0 Å². The Labute approximate surface area is 202 Å². The van der Waals surface area contributed by atoms with Crippen LogP contribution >= 0.6 is 11.6 Å². The molecule has 0 bridgehead atoms. The normalized spacial score (nSPS) is 12.5. The van der Waals surface area contributed by atoms with Crippen LogP contribution in [0.15, 0.2) is 60.8 Å². The number of aromatic nitrogens is 1. The van der Waals surface area contributed by atoms with E-state index < -0.39 is 35.1 Å². The molecule has 0 aliphatic carbocycles. The van der Waals surface area contributed by atoms with Crippen LogP contribution in [0.25, 0.3) is 0 Å². The van der Waals surface area contributed by atoms with Gasteiger partial charge in [-0.05, 0) is 47.9 Å². The predicted molar refractivity (Wildman–Crippen MR) is 119 cm³/mol. The van der Waals surface area contributed by atoms with Crippen molar-refractivity contribution in [2.75, 3.05) is 6.54 Å². The Morgan fingerprint density at radius 2 is 1.63 bits per heavy atom. The van der Waals surface area contributed by atoms with E-state index in [4.69, 9.17) is 11.6 Å². The first-order valence-electron chi connectivity index (χ1n) is 10.2. The molecule has 0 spiro atoms. The molecule has 0 radical (unpaired) electrons. The van der Waals surface area contributed by atoms with Gasteiger partial charge < -0.3 is 5.32 Å². The van der Waals surface area contributed by atoms with Crippen LogP contribution in [0.3, 0.4) is 0 Å². The Hall–Kier alpha value is -3.51. The molecule has 35 heavy (non-hydrogen) atoms. The van der Waals surface area contributed by atoms with Crippen LogP contribution in [0.5, 0.6) is 0 Å². The number of nitrogens with zero attached hydrogens (tertiary/aromatic N) is 1. The van der Waals surface area contributed by atoms with Crippen LogP contribution in [0.1, 0.15) is 51.1 Å². The SMILES string of the molecule is CC(CNC(=O)c1ccccc1C(F)(F)F)c1ccc(C#Cc2ccc(C(F)(F)F)nc2)cc1Cl. The molecule has 10 heteroatoms. The van der Waals surface area contributed by atoms with Gasteiger partial charge in [-0.25, -0.2) is 0 Å².